The number of carbonyl (C=O) groups is 2. The molecular weight excluding hydrogens is 373 g/mol. The number of aromatic amines is 1. The van der Waals surface area contributed by atoms with Gasteiger partial charge in [0.15, 0.2) is 0 Å². The predicted octanol–water partition coefficient (Wildman–Crippen LogP) is 3.01. The Bertz CT molecular complexity index is 1120. The van der Waals surface area contributed by atoms with Crippen LogP contribution in [0.5, 0.6) is 0 Å². The van der Waals surface area contributed by atoms with Crippen molar-refractivity contribution >= 4 is 23.2 Å². The number of anilines is 1. The smallest absolute Gasteiger partial charge is 0.315 e. The maximum Gasteiger partial charge on any atom is 0.315 e. The van der Waals surface area contributed by atoms with Crippen molar-refractivity contribution in [1.29, 1.82) is 0 Å². The van der Waals surface area contributed by atoms with Crippen molar-refractivity contribution in [3.63, 3.8) is 0 Å². The minimum absolute atomic E-state index is 0.0317. The molecule has 0 bridgehead atoms. The minimum atomic E-state index is -0.690. The number of aliphatic imine (C=N–C) groups is 1. The number of hydrogen-bond donors (Lipinski definition) is 2. The molecule has 2 aromatic carbocycles. The molecule has 0 radical (unpaired) electrons. The van der Waals surface area contributed by atoms with E-state index in [1.807, 2.05) is 30.3 Å². The fourth-order valence-corrected chi connectivity index (χ4v) is 3.16. The number of rotatable bonds is 3. The van der Waals surface area contributed by atoms with Crippen LogP contribution in [0.1, 0.15) is 39.6 Å². The molecule has 8 heteroatoms. The summed E-state index contributed by atoms with van der Waals surface area (Å²) in [6.45, 7) is 1.63. The highest BCUT2D eigenvalue weighted by Gasteiger charge is 2.24. The van der Waals surface area contributed by atoms with E-state index in [0.29, 0.717) is 29.8 Å². The Balaban J connectivity index is 1.52. The number of H-pyrrole nitrogens is 1. The number of aryl methyl sites for hydroxylation is 2. The summed E-state index contributed by atoms with van der Waals surface area (Å²) in [6, 6.07) is 13.1. The van der Waals surface area contributed by atoms with E-state index >= 15 is 0 Å². The average Bonchev–Trinajstić information content (AvgIpc) is 3.12. The molecule has 2 N–H and O–H groups in total. The number of amides is 2. The van der Waals surface area contributed by atoms with Gasteiger partial charge in [-0.05, 0) is 36.5 Å². The summed E-state index contributed by atoms with van der Waals surface area (Å²) in [5, 5.41) is 10.3. The van der Waals surface area contributed by atoms with Gasteiger partial charge in [0, 0.05) is 6.42 Å². The molecule has 0 unspecified atom stereocenters. The summed E-state index contributed by atoms with van der Waals surface area (Å²) in [7, 11) is 0. The van der Waals surface area contributed by atoms with E-state index in [4.69, 9.17) is 0 Å². The van der Waals surface area contributed by atoms with Crippen LogP contribution in [-0.2, 0) is 17.6 Å². The highest BCUT2D eigenvalue weighted by Crippen LogP contribution is 2.26. The third-order valence-electron chi connectivity index (χ3n) is 4.74. The van der Waals surface area contributed by atoms with Crippen molar-refractivity contribution < 1.29 is 14.0 Å². The Kier molecular flexibility index (Phi) is 4.99. The van der Waals surface area contributed by atoms with Crippen LogP contribution in [0.2, 0.25) is 0 Å². The SMILES string of the molecule is Cc1ccc2c(c1F)NC(=O)/C(=N/C(=O)c1nnc(Cc3ccccc3)[nH]1)CC2. The zero-order valence-electron chi connectivity index (χ0n) is 15.7. The van der Waals surface area contributed by atoms with Crippen LogP contribution in [0.3, 0.4) is 0 Å². The molecule has 146 valence electrons. The molecule has 7 nitrogen and oxygen atoms in total. The van der Waals surface area contributed by atoms with Gasteiger partial charge in [-0.15, -0.1) is 10.2 Å². The van der Waals surface area contributed by atoms with Crippen molar-refractivity contribution in [3.8, 4) is 0 Å². The van der Waals surface area contributed by atoms with E-state index in [1.54, 1.807) is 19.1 Å². The highest BCUT2D eigenvalue weighted by molar-refractivity contribution is 6.45. The first-order valence-corrected chi connectivity index (χ1v) is 9.18. The fourth-order valence-electron chi connectivity index (χ4n) is 3.16. The first-order chi connectivity index (χ1) is 14.0. The molecule has 1 aliphatic rings. The van der Waals surface area contributed by atoms with Crippen LogP contribution in [0, 0.1) is 12.7 Å². The average molecular weight is 391 g/mol. The lowest BCUT2D eigenvalue weighted by molar-refractivity contribution is -0.110. The van der Waals surface area contributed by atoms with Crippen LogP contribution >= 0.6 is 0 Å². The zero-order chi connectivity index (χ0) is 20.4. The molecule has 0 atom stereocenters. The van der Waals surface area contributed by atoms with E-state index in [9.17, 15) is 14.0 Å². The van der Waals surface area contributed by atoms with Crippen molar-refractivity contribution in [2.24, 2.45) is 4.99 Å². The lowest BCUT2D eigenvalue weighted by Gasteiger charge is -2.09. The summed E-state index contributed by atoms with van der Waals surface area (Å²) in [5.41, 5.74) is 2.31. The number of halogens is 1. The van der Waals surface area contributed by atoms with Crippen LogP contribution < -0.4 is 5.32 Å². The molecular formula is C21H18FN5O2. The third kappa shape index (κ3) is 3.96. The van der Waals surface area contributed by atoms with Gasteiger partial charge in [-0.2, -0.15) is 0 Å². The summed E-state index contributed by atoms with van der Waals surface area (Å²) < 4.78 is 14.3. The summed E-state index contributed by atoms with van der Waals surface area (Å²) in [5.74, 6) is -1.27. The number of nitrogens with one attached hydrogen (secondary N) is 2. The van der Waals surface area contributed by atoms with Gasteiger partial charge < -0.3 is 10.3 Å². The summed E-state index contributed by atoms with van der Waals surface area (Å²) >= 11 is 0. The van der Waals surface area contributed by atoms with Crippen molar-refractivity contribution in [2.75, 3.05) is 5.32 Å². The molecule has 0 spiro atoms. The third-order valence-corrected chi connectivity index (χ3v) is 4.74. The number of fused-ring (bicyclic) bond motifs is 1. The number of nitrogens with zero attached hydrogens (tertiary/aromatic N) is 3. The second-order valence-electron chi connectivity index (χ2n) is 6.83. The van der Waals surface area contributed by atoms with Gasteiger partial charge in [-0.1, -0.05) is 42.5 Å². The highest BCUT2D eigenvalue weighted by atomic mass is 19.1. The largest absolute Gasteiger partial charge is 0.320 e. The van der Waals surface area contributed by atoms with Gasteiger partial charge in [0.25, 0.3) is 5.91 Å². The summed E-state index contributed by atoms with van der Waals surface area (Å²) in [4.78, 5) is 31.7. The first-order valence-electron chi connectivity index (χ1n) is 9.18. The lowest BCUT2D eigenvalue weighted by atomic mass is 10.0. The zero-order valence-corrected chi connectivity index (χ0v) is 15.7. The van der Waals surface area contributed by atoms with Crippen molar-refractivity contribution in [1.82, 2.24) is 15.2 Å². The van der Waals surface area contributed by atoms with E-state index in [0.717, 1.165) is 5.56 Å². The van der Waals surface area contributed by atoms with Crippen molar-refractivity contribution in [2.45, 2.75) is 26.2 Å². The topological polar surface area (TPSA) is 100 Å². The van der Waals surface area contributed by atoms with Gasteiger partial charge >= 0.3 is 5.91 Å². The molecule has 29 heavy (non-hydrogen) atoms. The molecule has 3 aromatic rings. The van der Waals surface area contributed by atoms with E-state index in [2.05, 4.69) is 25.5 Å². The van der Waals surface area contributed by atoms with E-state index < -0.39 is 17.6 Å². The Labute approximate surface area is 166 Å². The van der Waals surface area contributed by atoms with Crippen molar-refractivity contribution in [3.05, 3.63) is 76.6 Å². The van der Waals surface area contributed by atoms with Gasteiger partial charge in [0.2, 0.25) is 5.82 Å². The monoisotopic (exact) mass is 391 g/mol. The fraction of sp³-hybridized carbons (Fsp3) is 0.190. The maximum atomic E-state index is 14.3. The molecule has 1 aromatic heterocycles. The summed E-state index contributed by atoms with van der Waals surface area (Å²) in [6.07, 6.45) is 1.11. The normalized spacial score (nSPS) is 15.0. The minimum Gasteiger partial charge on any atom is -0.320 e. The molecule has 1 aliphatic heterocycles. The Morgan fingerprint density at radius 1 is 1.14 bits per heavy atom. The van der Waals surface area contributed by atoms with Crippen LogP contribution in [-0.4, -0.2) is 32.7 Å². The molecule has 0 saturated carbocycles. The molecule has 2 heterocycles. The van der Waals surface area contributed by atoms with Crippen LogP contribution in [0.25, 0.3) is 0 Å². The molecule has 2 amide bonds. The van der Waals surface area contributed by atoms with Crippen LogP contribution in [0.15, 0.2) is 47.5 Å². The quantitative estimate of drug-likeness (QED) is 0.717. The Morgan fingerprint density at radius 3 is 2.72 bits per heavy atom. The van der Waals surface area contributed by atoms with Crippen LogP contribution in [0.4, 0.5) is 10.1 Å². The molecule has 0 saturated heterocycles. The maximum absolute atomic E-state index is 14.3. The molecule has 4 rings (SSSR count). The Hall–Kier alpha value is -3.68. The number of aromatic nitrogens is 3. The van der Waals surface area contributed by atoms with E-state index in [-0.39, 0.29) is 23.6 Å². The first kappa shape index (κ1) is 18.7. The van der Waals surface area contributed by atoms with Gasteiger partial charge in [0.05, 0.1) is 5.69 Å². The van der Waals surface area contributed by atoms with Gasteiger partial charge in [0.1, 0.15) is 17.4 Å². The predicted molar refractivity (Wildman–Crippen MR) is 105 cm³/mol. The Morgan fingerprint density at radius 2 is 1.93 bits per heavy atom. The number of carbonyl (C=O) groups excluding carboxylic acids is 2. The number of benzene rings is 2. The van der Waals surface area contributed by atoms with E-state index in [1.165, 1.54) is 0 Å². The molecule has 0 aliphatic carbocycles. The second kappa shape index (κ2) is 7.75. The molecule has 0 fully saturated rings. The second-order valence-corrected chi connectivity index (χ2v) is 6.83. The number of hydrogen-bond acceptors (Lipinski definition) is 4. The van der Waals surface area contributed by atoms with Gasteiger partial charge in [-0.3, -0.25) is 9.59 Å². The lowest BCUT2D eigenvalue weighted by Crippen LogP contribution is -2.23. The standard InChI is InChI=1S/C21H18FN5O2/c1-12-7-8-14-9-10-15(20(28)25-18(14)17(12)22)23-21(29)19-24-16(26-27-19)11-13-5-3-2-4-6-13/h2-8H,9-11H2,1H3,(H,25,28)(H,24,26,27)/b23-15+. The van der Waals surface area contributed by atoms with Gasteiger partial charge in [-0.25, -0.2) is 9.38 Å².